The summed E-state index contributed by atoms with van der Waals surface area (Å²) >= 11 is 0. The minimum Gasteiger partial charge on any atom is -0.373 e. The molecule has 4 rings (SSSR count). The third-order valence-corrected chi connectivity index (χ3v) is 7.07. The van der Waals surface area contributed by atoms with Crippen molar-refractivity contribution in [2.75, 3.05) is 20.2 Å². The summed E-state index contributed by atoms with van der Waals surface area (Å²) in [6, 6.07) is 4.62. The number of methoxy groups -OCH3 is 1. The number of nitrogens with two attached hydrogens (primary N) is 1. The fourth-order valence-corrected chi connectivity index (χ4v) is 5.66. The second-order valence-corrected chi connectivity index (χ2v) is 8.19. The van der Waals surface area contributed by atoms with Gasteiger partial charge in [0.25, 0.3) is 5.91 Å². The van der Waals surface area contributed by atoms with Crippen molar-refractivity contribution in [3.05, 3.63) is 29.6 Å². The number of ether oxygens (including phenoxy) is 1. The normalized spacial score (nSPS) is 36.7. The van der Waals surface area contributed by atoms with Crippen molar-refractivity contribution in [1.82, 2.24) is 9.88 Å². The number of nitrogens with zero attached hydrogens (tertiary/aromatic N) is 2. The van der Waals surface area contributed by atoms with Crippen LogP contribution in [-0.2, 0) is 10.3 Å². The first-order chi connectivity index (χ1) is 12.1. The Morgan fingerprint density at radius 3 is 2.46 bits per heavy atom. The maximum atomic E-state index is 11.6. The van der Waals surface area contributed by atoms with E-state index in [4.69, 9.17) is 10.5 Å². The predicted octanol–water partition coefficient (Wildman–Crippen LogP) is 2.97. The molecule has 0 radical (unpaired) electrons. The molecule has 2 heterocycles. The molecule has 3 aliphatic rings. The van der Waals surface area contributed by atoms with Crippen molar-refractivity contribution < 1.29 is 9.53 Å². The highest BCUT2D eigenvalue weighted by Crippen LogP contribution is 2.52. The Hall–Kier alpha value is -1.17. The molecule has 0 spiro atoms. The lowest BCUT2D eigenvalue weighted by molar-refractivity contribution is -0.181. The minimum absolute atomic E-state index is 0. The molecule has 1 saturated heterocycles. The van der Waals surface area contributed by atoms with E-state index in [0.717, 1.165) is 30.6 Å². The average Bonchev–Trinajstić information content (AvgIpc) is 2.59. The minimum atomic E-state index is -0.473. The van der Waals surface area contributed by atoms with Crippen molar-refractivity contribution in [1.29, 1.82) is 0 Å². The van der Waals surface area contributed by atoms with Crippen molar-refractivity contribution >= 4 is 18.3 Å². The van der Waals surface area contributed by atoms with Crippen LogP contribution in [0.2, 0.25) is 0 Å². The number of fused-ring (bicyclic) bond motifs is 2. The Morgan fingerprint density at radius 2 is 1.96 bits per heavy atom. The van der Waals surface area contributed by atoms with Gasteiger partial charge >= 0.3 is 0 Å². The van der Waals surface area contributed by atoms with E-state index in [9.17, 15) is 4.79 Å². The number of amides is 1. The number of carbonyl (C=O) groups is 1. The Labute approximate surface area is 162 Å². The second kappa shape index (κ2) is 7.45. The number of hydrogen-bond donors (Lipinski definition) is 1. The number of likely N-dealkylation sites (tertiary alicyclic amines) is 1. The first kappa shape index (κ1) is 19.6. The van der Waals surface area contributed by atoms with E-state index in [1.807, 2.05) is 19.2 Å². The number of pyridine rings is 1. The number of piperidine rings is 1. The fraction of sp³-hybridized carbons (Fsp3) is 0.700. The Balaban J connectivity index is 0.00000196. The molecule has 1 aromatic heterocycles. The fourth-order valence-electron chi connectivity index (χ4n) is 5.66. The highest BCUT2D eigenvalue weighted by atomic mass is 35.5. The lowest BCUT2D eigenvalue weighted by atomic mass is 9.61. The smallest absolute Gasteiger partial charge is 0.267 e. The summed E-state index contributed by atoms with van der Waals surface area (Å²) in [5, 5.41) is 0. The van der Waals surface area contributed by atoms with Gasteiger partial charge in [0.1, 0.15) is 11.3 Å². The molecular weight excluding hydrogens is 350 g/mol. The van der Waals surface area contributed by atoms with Crippen molar-refractivity contribution in [2.24, 2.45) is 23.5 Å². The second-order valence-electron chi connectivity index (χ2n) is 8.19. The van der Waals surface area contributed by atoms with Crippen LogP contribution in [0.1, 0.15) is 55.1 Å². The average molecular weight is 380 g/mol. The topological polar surface area (TPSA) is 68.5 Å². The first-order valence-electron chi connectivity index (χ1n) is 9.61. The van der Waals surface area contributed by atoms with Gasteiger partial charge < -0.3 is 10.5 Å². The van der Waals surface area contributed by atoms with Gasteiger partial charge in [0.15, 0.2) is 0 Å². The van der Waals surface area contributed by atoms with E-state index >= 15 is 0 Å². The summed E-state index contributed by atoms with van der Waals surface area (Å²) in [7, 11) is 1.83. The molecule has 144 valence electrons. The molecular formula is C20H30ClN3O2. The van der Waals surface area contributed by atoms with E-state index in [-0.39, 0.29) is 18.0 Å². The van der Waals surface area contributed by atoms with Crippen LogP contribution in [0.25, 0.3) is 0 Å². The molecule has 4 atom stereocenters. The van der Waals surface area contributed by atoms with Crippen LogP contribution in [0.4, 0.5) is 0 Å². The summed E-state index contributed by atoms with van der Waals surface area (Å²) in [6.45, 7) is 4.56. The summed E-state index contributed by atoms with van der Waals surface area (Å²) in [4.78, 5) is 18.5. The highest BCUT2D eigenvalue weighted by Gasteiger charge is 2.54. The molecule has 1 aromatic rings. The zero-order chi connectivity index (χ0) is 17.6. The molecule has 26 heavy (non-hydrogen) atoms. The molecule has 1 aliphatic heterocycles. The molecule has 2 saturated carbocycles. The number of aromatic nitrogens is 1. The Bertz CT molecular complexity index is 654. The van der Waals surface area contributed by atoms with E-state index in [1.165, 1.54) is 32.1 Å². The number of primary amides is 1. The Kier molecular flexibility index (Phi) is 5.61. The van der Waals surface area contributed by atoms with E-state index < -0.39 is 5.91 Å². The first-order valence-corrected chi connectivity index (χ1v) is 9.61. The van der Waals surface area contributed by atoms with Crippen LogP contribution in [0, 0.1) is 17.8 Å². The zero-order valence-electron chi connectivity index (χ0n) is 15.7. The van der Waals surface area contributed by atoms with Crippen molar-refractivity contribution in [3.8, 4) is 0 Å². The van der Waals surface area contributed by atoms with Gasteiger partial charge in [-0.2, -0.15) is 0 Å². The maximum Gasteiger partial charge on any atom is 0.267 e. The van der Waals surface area contributed by atoms with Crippen molar-refractivity contribution in [2.45, 2.75) is 50.7 Å². The van der Waals surface area contributed by atoms with Crippen LogP contribution < -0.4 is 5.73 Å². The molecule has 3 fully saturated rings. The number of hydrogen-bond acceptors (Lipinski definition) is 4. The monoisotopic (exact) mass is 379 g/mol. The van der Waals surface area contributed by atoms with Gasteiger partial charge in [-0.1, -0.05) is 13.3 Å². The van der Waals surface area contributed by atoms with Crippen molar-refractivity contribution in [3.63, 3.8) is 0 Å². The predicted molar refractivity (Wildman–Crippen MR) is 103 cm³/mol. The molecule has 6 heteroatoms. The molecule has 5 nitrogen and oxygen atoms in total. The number of carbonyl (C=O) groups excluding carboxylic acids is 1. The molecule has 2 aliphatic carbocycles. The van der Waals surface area contributed by atoms with Gasteiger partial charge in [-0.05, 0) is 49.3 Å². The summed E-state index contributed by atoms with van der Waals surface area (Å²) in [5.41, 5.74) is 6.57. The standard InChI is InChI=1S/C20H29N3O2.ClH/c1-13-6-7-18(13)23-11-15-4-3-5-16(12-23)20(15,25-2)14-8-9-22-17(10-14)19(21)24;/h8-10,13,15-16,18H,3-7,11-12H2,1-2H3,(H2,21,24);1H/t13-,15?,16?,18?,20?;/m0./s1. The van der Waals surface area contributed by atoms with Gasteiger partial charge in [-0.25, -0.2) is 0 Å². The third kappa shape index (κ3) is 2.94. The largest absolute Gasteiger partial charge is 0.373 e. The third-order valence-electron chi connectivity index (χ3n) is 7.07. The maximum absolute atomic E-state index is 11.6. The molecule has 0 aromatic carbocycles. The molecule has 2 N–H and O–H groups in total. The lowest BCUT2D eigenvalue weighted by Crippen LogP contribution is -2.62. The SMILES string of the molecule is COC1(c2ccnc(C(N)=O)c2)C2CCCC1CN(C1CC[C@@H]1C)C2.Cl. The van der Waals surface area contributed by atoms with E-state index in [0.29, 0.717) is 17.5 Å². The number of halogens is 1. The van der Waals surface area contributed by atoms with Crippen LogP contribution in [0.3, 0.4) is 0 Å². The lowest BCUT2D eigenvalue weighted by Gasteiger charge is -2.58. The molecule has 2 bridgehead atoms. The highest BCUT2D eigenvalue weighted by molar-refractivity contribution is 5.90. The summed E-state index contributed by atoms with van der Waals surface area (Å²) < 4.78 is 6.27. The van der Waals surface area contributed by atoms with Crippen LogP contribution in [0.5, 0.6) is 0 Å². The van der Waals surface area contributed by atoms with Gasteiger partial charge in [0, 0.05) is 44.3 Å². The molecule has 3 unspecified atom stereocenters. The van der Waals surface area contributed by atoms with Gasteiger partial charge in [-0.15, -0.1) is 12.4 Å². The molecule has 1 amide bonds. The van der Waals surface area contributed by atoms with Crippen LogP contribution >= 0.6 is 12.4 Å². The Morgan fingerprint density at radius 1 is 1.27 bits per heavy atom. The van der Waals surface area contributed by atoms with Gasteiger partial charge in [0.05, 0.1) is 0 Å². The quantitative estimate of drug-likeness (QED) is 0.873. The summed E-state index contributed by atoms with van der Waals surface area (Å²) in [5.74, 6) is 1.26. The zero-order valence-corrected chi connectivity index (χ0v) is 16.5. The van der Waals surface area contributed by atoms with E-state index in [2.05, 4.69) is 16.8 Å². The number of rotatable bonds is 4. The van der Waals surface area contributed by atoms with Crippen LogP contribution in [0.15, 0.2) is 18.3 Å². The van der Waals surface area contributed by atoms with Gasteiger partial charge in [0.2, 0.25) is 0 Å². The summed E-state index contributed by atoms with van der Waals surface area (Å²) in [6.07, 6.45) is 8.01. The van der Waals surface area contributed by atoms with Gasteiger partial charge in [-0.3, -0.25) is 14.7 Å². The van der Waals surface area contributed by atoms with Crippen LogP contribution in [-0.4, -0.2) is 42.0 Å². The van der Waals surface area contributed by atoms with E-state index in [1.54, 1.807) is 6.20 Å².